The molecule has 0 unspecified atom stereocenters. The third-order valence-corrected chi connectivity index (χ3v) is 0.574. The standard InChI is InChI=1S/C4H9NO2.ClH/c1-5(2,3)4(6)7;/h1-3H3;1H. The SMILES string of the molecule is C[N+](C)(C)C(=O)O.[Cl-]. The largest absolute Gasteiger partial charge is 1.00 e. The Morgan fingerprint density at radius 1 is 1.38 bits per heavy atom. The van der Waals surface area contributed by atoms with E-state index in [1.165, 1.54) is 0 Å². The number of carboxylic acid groups (broad SMARTS) is 1. The number of halogens is 1. The third kappa shape index (κ3) is 3.89. The van der Waals surface area contributed by atoms with Gasteiger partial charge in [-0.25, -0.2) is 4.48 Å². The fraction of sp³-hybridized carbons (Fsp3) is 0.750. The highest BCUT2D eigenvalue weighted by Gasteiger charge is 2.16. The molecule has 0 saturated carbocycles. The zero-order valence-electron chi connectivity index (χ0n) is 5.18. The molecule has 50 valence electrons. The van der Waals surface area contributed by atoms with E-state index < -0.39 is 6.09 Å². The van der Waals surface area contributed by atoms with Crippen LogP contribution in [0.4, 0.5) is 4.79 Å². The summed E-state index contributed by atoms with van der Waals surface area (Å²) in [7, 11) is 4.80. The molecule has 0 aliphatic carbocycles. The van der Waals surface area contributed by atoms with Crippen molar-refractivity contribution in [3.8, 4) is 0 Å². The molecule has 0 rings (SSSR count). The Morgan fingerprint density at radius 2 is 1.50 bits per heavy atom. The van der Waals surface area contributed by atoms with Crippen molar-refractivity contribution in [3.05, 3.63) is 0 Å². The molecule has 0 aromatic rings. The van der Waals surface area contributed by atoms with Gasteiger partial charge in [-0.2, -0.15) is 4.79 Å². The van der Waals surface area contributed by atoms with Crippen LogP contribution in [0, 0.1) is 0 Å². The van der Waals surface area contributed by atoms with Gasteiger partial charge in [0.15, 0.2) is 0 Å². The topological polar surface area (TPSA) is 37.3 Å². The lowest BCUT2D eigenvalue weighted by atomic mass is 10.7. The van der Waals surface area contributed by atoms with E-state index in [0.717, 1.165) is 0 Å². The van der Waals surface area contributed by atoms with Gasteiger partial charge in [-0.15, -0.1) is 0 Å². The van der Waals surface area contributed by atoms with Gasteiger partial charge in [0.05, 0.1) is 21.1 Å². The highest BCUT2D eigenvalue weighted by Crippen LogP contribution is 1.87. The van der Waals surface area contributed by atoms with E-state index in [2.05, 4.69) is 0 Å². The molecule has 0 bridgehead atoms. The predicted molar refractivity (Wildman–Crippen MR) is 26.1 cm³/mol. The molecule has 8 heavy (non-hydrogen) atoms. The second-order valence-electron chi connectivity index (χ2n) is 2.30. The first-order valence-electron chi connectivity index (χ1n) is 1.99. The van der Waals surface area contributed by atoms with Crippen LogP contribution in [0.15, 0.2) is 0 Å². The minimum atomic E-state index is -0.819. The van der Waals surface area contributed by atoms with Gasteiger partial charge in [0, 0.05) is 0 Å². The van der Waals surface area contributed by atoms with Crippen LogP contribution in [0.1, 0.15) is 0 Å². The van der Waals surface area contributed by atoms with Gasteiger partial charge in [-0.05, 0) is 0 Å². The van der Waals surface area contributed by atoms with Crippen LogP contribution in [0.5, 0.6) is 0 Å². The van der Waals surface area contributed by atoms with Crippen LogP contribution in [-0.4, -0.2) is 36.8 Å². The maximum atomic E-state index is 9.99. The number of carbonyl (C=O) groups is 1. The van der Waals surface area contributed by atoms with Crippen LogP contribution in [-0.2, 0) is 0 Å². The first kappa shape index (κ1) is 10.7. The zero-order chi connectivity index (χ0) is 6.08. The molecular weight excluding hydrogens is 130 g/mol. The highest BCUT2D eigenvalue weighted by molar-refractivity contribution is 5.55. The first-order valence-corrected chi connectivity index (χ1v) is 1.99. The molecule has 0 fully saturated rings. The van der Waals surface area contributed by atoms with Gasteiger partial charge in [0.1, 0.15) is 0 Å². The Labute approximate surface area is 54.9 Å². The van der Waals surface area contributed by atoms with E-state index in [0.29, 0.717) is 0 Å². The lowest BCUT2D eigenvalue weighted by Crippen LogP contribution is -3.00. The first-order chi connectivity index (χ1) is 2.94. The van der Waals surface area contributed by atoms with Crippen LogP contribution in [0.3, 0.4) is 0 Å². The molecule has 3 nitrogen and oxygen atoms in total. The molecule has 0 spiro atoms. The van der Waals surface area contributed by atoms with Crippen molar-refractivity contribution in [1.82, 2.24) is 0 Å². The lowest BCUT2D eigenvalue weighted by Gasteiger charge is -2.14. The van der Waals surface area contributed by atoms with Gasteiger partial charge >= 0.3 is 6.09 Å². The van der Waals surface area contributed by atoms with Gasteiger partial charge in [-0.3, -0.25) is 0 Å². The summed E-state index contributed by atoms with van der Waals surface area (Å²) >= 11 is 0. The van der Waals surface area contributed by atoms with Gasteiger partial charge in [-0.1, -0.05) is 0 Å². The van der Waals surface area contributed by atoms with Crippen molar-refractivity contribution < 1.29 is 26.8 Å². The van der Waals surface area contributed by atoms with Crippen molar-refractivity contribution in [2.24, 2.45) is 0 Å². The number of rotatable bonds is 0. The van der Waals surface area contributed by atoms with Crippen molar-refractivity contribution in [2.45, 2.75) is 0 Å². The predicted octanol–water partition coefficient (Wildman–Crippen LogP) is -2.63. The molecular formula is C4H10ClNO2. The van der Waals surface area contributed by atoms with Gasteiger partial charge in [0.2, 0.25) is 0 Å². The van der Waals surface area contributed by atoms with E-state index >= 15 is 0 Å². The molecule has 0 atom stereocenters. The second kappa shape index (κ2) is 2.89. The summed E-state index contributed by atoms with van der Waals surface area (Å²) in [6.07, 6.45) is -0.819. The Morgan fingerprint density at radius 3 is 1.50 bits per heavy atom. The summed E-state index contributed by atoms with van der Waals surface area (Å²) in [6, 6.07) is 0. The molecule has 0 aliphatic heterocycles. The number of hydrogen-bond donors (Lipinski definition) is 1. The molecule has 1 amide bonds. The fourth-order valence-electron chi connectivity index (χ4n) is 0. The van der Waals surface area contributed by atoms with Crippen molar-refractivity contribution in [2.75, 3.05) is 21.1 Å². The molecule has 0 aliphatic rings. The van der Waals surface area contributed by atoms with E-state index in [1.807, 2.05) is 0 Å². The highest BCUT2D eigenvalue weighted by atomic mass is 35.5. The minimum absolute atomic E-state index is 0. The Balaban J connectivity index is 0. The molecule has 0 radical (unpaired) electrons. The van der Waals surface area contributed by atoms with Crippen LogP contribution in [0.25, 0.3) is 0 Å². The summed E-state index contributed by atoms with van der Waals surface area (Å²) in [5.74, 6) is 0. The number of quaternary nitrogens is 1. The van der Waals surface area contributed by atoms with Crippen molar-refractivity contribution in [3.63, 3.8) is 0 Å². The second-order valence-corrected chi connectivity index (χ2v) is 2.30. The Hall–Kier alpha value is -0.280. The summed E-state index contributed by atoms with van der Waals surface area (Å²) in [5.41, 5.74) is 0. The van der Waals surface area contributed by atoms with Crippen molar-refractivity contribution in [1.29, 1.82) is 0 Å². The Bertz CT molecular complexity index is 86.5. The van der Waals surface area contributed by atoms with Crippen LogP contribution in [0.2, 0.25) is 0 Å². The number of amides is 1. The number of nitrogens with zero attached hydrogens (tertiary/aromatic N) is 1. The van der Waals surface area contributed by atoms with Crippen molar-refractivity contribution >= 4 is 6.09 Å². The lowest BCUT2D eigenvalue weighted by molar-refractivity contribution is -0.794. The molecule has 1 N–H and O–H groups in total. The number of hydrogen-bond acceptors (Lipinski definition) is 1. The molecule has 0 saturated heterocycles. The quantitative estimate of drug-likeness (QED) is 0.373. The molecule has 0 aromatic heterocycles. The van der Waals surface area contributed by atoms with E-state index in [-0.39, 0.29) is 16.9 Å². The summed E-state index contributed by atoms with van der Waals surface area (Å²) < 4.78 is -0.0278. The summed E-state index contributed by atoms with van der Waals surface area (Å²) in [5, 5.41) is 8.22. The molecule has 4 heteroatoms. The monoisotopic (exact) mass is 139 g/mol. The smallest absolute Gasteiger partial charge is 0.512 e. The van der Waals surface area contributed by atoms with Gasteiger partial charge in [0.25, 0.3) is 0 Å². The average Bonchev–Trinajstić information content (AvgIpc) is 1.31. The van der Waals surface area contributed by atoms with E-state index in [1.54, 1.807) is 21.1 Å². The molecule has 0 aromatic carbocycles. The maximum Gasteiger partial charge on any atom is 0.512 e. The average molecular weight is 140 g/mol. The summed E-state index contributed by atoms with van der Waals surface area (Å²) in [6.45, 7) is 0. The maximum absolute atomic E-state index is 9.99. The molecule has 0 heterocycles. The normalized spacial score (nSPS) is 9.88. The fourth-order valence-corrected chi connectivity index (χ4v) is 0. The Kier molecular flexibility index (Phi) is 3.85. The zero-order valence-corrected chi connectivity index (χ0v) is 5.94. The minimum Gasteiger partial charge on any atom is -1.00 e. The van der Waals surface area contributed by atoms with Gasteiger partial charge < -0.3 is 17.5 Å². The van der Waals surface area contributed by atoms with Crippen LogP contribution < -0.4 is 12.4 Å². The van der Waals surface area contributed by atoms with E-state index in [4.69, 9.17) is 5.11 Å². The van der Waals surface area contributed by atoms with E-state index in [9.17, 15) is 4.79 Å². The third-order valence-electron chi connectivity index (χ3n) is 0.574. The summed E-state index contributed by atoms with van der Waals surface area (Å²) in [4.78, 5) is 9.99. The van der Waals surface area contributed by atoms with Crippen LogP contribution >= 0.6 is 0 Å².